The fraction of sp³-hybridized carbons (Fsp3) is 0.590. The number of ketones is 1. The van der Waals surface area contributed by atoms with E-state index in [1.165, 1.54) is 94.9 Å². The van der Waals surface area contributed by atoms with Gasteiger partial charge in [0.05, 0.1) is 5.60 Å². The minimum atomic E-state index is -0.801. The number of benzene rings is 2. The fourth-order valence-electron chi connectivity index (χ4n) is 6.47. The molecule has 0 bridgehead atoms. The Bertz CT molecular complexity index is 1180. The molecule has 2 N–H and O–H groups in total. The number of Topliss-reactive ketones (excluding diaryl/α,β-unsaturated/α-hetero) is 1. The number of hydrogen-bond donors (Lipinski definition) is 2. The molecule has 0 aromatic heterocycles. The second kappa shape index (κ2) is 21.4. The van der Waals surface area contributed by atoms with Gasteiger partial charge in [-0.2, -0.15) is 0 Å². The molecule has 1 unspecified atom stereocenters. The van der Waals surface area contributed by atoms with E-state index in [4.69, 9.17) is 16.7 Å². The lowest BCUT2D eigenvalue weighted by atomic mass is 9.84. The second-order valence-corrected chi connectivity index (χ2v) is 13.6. The number of hydrogen-bond acceptors (Lipinski definition) is 4. The van der Waals surface area contributed by atoms with Gasteiger partial charge in [0.25, 0.3) is 0 Å². The molecule has 0 saturated carbocycles. The number of aliphatic hydroxyl groups is 1. The van der Waals surface area contributed by atoms with Crippen LogP contribution in [0.5, 0.6) is 0 Å². The number of nitrogens with zero attached hydrogens (tertiary/aromatic N) is 1. The maximum atomic E-state index is 12.9. The van der Waals surface area contributed by atoms with E-state index in [1.54, 1.807) is 0 Å². The normalized spacial score (nSPS) is 17.4. The zero-order valence-corrected chi connectivity index (χ0v) is 28.4. The maximum Gasteiger partial charge on any atom is 0.303 e. The van der Waals surface area contributed by atoms with Crippen molar-refractivity contribution in [1.82, 2.24) is 4.90 Å². The minimum absolute atomic E-state index is 0.0414. The third-order valence-electron chi connectivity index (χ3n) is 9.44. The van der Waals surface area contributed by atoms with Gasteiger partial charge >= 0.3 is 5.97 Å². The third kappa shape index (κ3) is 14.9. The van der Waals surface area contributed by atoms with Crippen molar-refractivity contribution < 1.29 is 24.2 Å². The molecule has 254 valence electrons. The minimum Gasteiger partial charge on any atom is -0.481 e. The van der Waals surface area contributed by atoms with E-state index in [-0.39, 0.29) is 11.6 Å². The summed E-state index contributed by atoms with van der Waals surface area (Å²) in [6.45, 7) is 2.41. The largest absolute Gasteiger partial charge is 0.481 e. The first kappa shape index (κ1) is 37.9. The van der Waals surface area contributed by atoms with Crippen LogP contribution in [0.3, 0.4) is 0 Å². The molecule has 0 radical (unpaired) electrons. The van der Waals surface area contributed by atoms with Crippen LogP contribution in [0.1, 0.15) is 131 Å². The second-order valence-electron chi connectivity index (χ2n) is 13.1. The lowest BCUT2D eigenvalue weighted by molar-refractivity contribution is -0.137. The molecule has 5 nitrogen and oxygen atoms in total. The van der Waals surface area contributed by atoms with Gasteiger partial charge in [-0.1, -0.05) is 93.7 Å². The van der Waals surface area contributed by atoms with Crippen LogP contribution >= 0.6 is 11.6 Å². The highest BCUT2D eigenvalue weighted by atomic mass is 35.5. The Morgan fingerprint density at radius 1 is 0.804 bits per heavy atom. The van der Waals surface area contributed by atoms with Gasteiger partial charge in [-0.15, -0.1) is 0 Å². The molecule has 2 aromatic carbocycles. The first-order valence-electron chi connectivity index (χ1n) is 17.6. The number of unbranched alkanes of at least 4 members (excludes halogenated alkanes) is 9. The molecule has 1 atom stereocenters. The van der Waals surface area contributed by atoms with Crippen LogP contribution in [0.4, 0.5) is 4.39 Å². The van der Waals surface area contributed by atoms with Crippen molar-refractivity contribution in [2.45, 2.75) is 121 Å². The van der Waals surface area contributed by atoms with Gasteiger partial charge in [0, 0.05) is 36.5 Å². The number of aliphatic carboxylic acids is 1. The van der Waals surface area contributed by atoms with E-state index in [2.05, 4.69) is 17.1 Å². The summed E-state index contributed by atoms with van der Waals surface area (Å²) in [6.07, 6.45) is 24.4. The number of carboxylic acids is 1. The molecule has 1 aliphatic heterocycles. The van der Waals surface area contributed by atoms with Crippen LogP contribution < -0.4 is 0 Å². The summed E-state index contributed by atoms with van der Waals surface area (Å²) in [5, 5.41) is 20.1. The van der Waals surface area contributed by atoms with Crippen LogP contribution in [-0.4, -0.2) is 46.5 Å². The van der Waals surface area contributed by atoms with Crippen LogP contribution in [0, 0.1) is 11.7 Å². The summed E-state index contributed by atoms with van der Waals surface area (Å²) in [5.74, 6) is -0.0541. The Morgan fingerprint density at radius 3 is 1.96 bits per heavy atom. The number of likely N-dealkylation sites (tertiary alicyclic amines) is 1. The van der Waals surface area contributed by atoms with Crippen LogP contribution in [0.25, 0.3) is 0 Å². The van der Waals surface area contributed by atoms with E-state index >= 15 is 0 Å². The maximum absolute atomic E-state index is 12.9. The molecule has 2 aliphatic rings. The molecule has 46 heavy (non-hydrogen) atoms. The van der Waals surface area contributed by atoms with Gasteiger partial charge in [0.1, 0.15) is 5.82 Å². The predicted octanol–water partition coefficient (Wildman–Crippen LogP) is 10.1. The van der Waals surface area contributed by atoms with Crippen molar-refractivity contribution in [3.8, 4) is 0 Å². The summed E-state index contributed by atoms with van der Waals surface area (Å²) in [5.41, 5.74) is 0.667. The summed E-state index contributed by atoms with van der Waals surface area (Å²) in [6, 6.07) is 13.1. The molecule has 1 aliphatic carbocycles. The van der Waals surface area contributed by atoms with Crippen molar-refractivity contribution in [1.29, 1.82) is 0 Å². The monoisotopic (exact) mass is 655 g/mol. The van der Waals surface area contributed by atoms with Crippen molar-refractivity contribution in [2.75, 3.05) is 19.6 Å². The number of rotatable bonds is 19. The zero-order valence-electron chi connectivity index (χ0n) is 27.6. The van der Waals surface area contributed by atoms with E-state index in [0.29, 0.717) is 36.3 Å². The molecular formula is C39H55ClFNO4. The van der Waals surface area contributed by atoms with Crippen molar-refractivity contribution >= 4 is 23.4 Å². The van der Waals surface area contributed by atoms with Crippen molar-refractivity contribution in [2.24, 2.45) is 5.92 Å². The molecule has 1 saturated heterocycles. The smallest absolute Gasteiger partial charge is 0.303 e. The summed E-state index contributed by atoms with van der Waals surface area (Å²) in [4.78, 5) is 24.7. The number of carboxylic acid groups (broad SMARTS) is 1. The quantitative estimate of drug-likeness (QED) is 0.0894. The highest BCUT2D eigenvalue weighted by Crippen LogP contribution is 2.33. The number of piperidine rings is 1. The standard InChI is InChI=1S/C21H23ClFNO2.C18H32O2/c22-18-7-5-17(6-8-18)21(26)11-14-24(15-12-21)13-1-2-20(25)16-3-9-19(23)10-4-16;19-18(20)16-10-8-6-4-2-1-3-5-7-9-13-17-14-11-12-15-17/h3-10,26H,1-2,11-15H2;11,14,17H,1-10,12-13,15-16H2,(H,19,20). The third-order valence-corrected chi connectivity index (χ3v) is 9.69. The van der Waals surface area contributed by atoms with Crippen LogP contribution in [0.2, 0.25) is 5.02 Å². The zero-order chi connectivity index (χ0) is 33.0. The van der Waals surface area contributed by atoms with Gasteiger partial charge in [0.2, 0.25) is 0 Å². The highest BCUT2D eigenvalue weighted by Gasteiger charge is 2.33. The topological polar surface area (TPSA) is 77.8 Å². The predicted molar refractivity (Wildman–Crippen MR) is 186 cm³/mol. The van der Waals surface area contributed by atoms with Gasteiger partial charge in [0.15, 0.2) is 5.78 Å². The van der Waals surface area contributed by atoms with E-state index < -0.39 is 11.6 Å². The van der Waals surface area contributed by atoms with Crippen molar-refractivity contribution in [3.05, 3.63) is 82.6 Å². The van der Waals surface area contributed by atoms with E-state index in [9.17, 15) is 19.1 Å². The number of carbonyl (C=O) groups is 2. The highest BCUT2D eigenvalue weighted by molar-refractivity contribution is 6.30. The number of halogens is 2. The van der Waals surface area contributed by atoms with Gasteiger partial charge in [-0.3, -0.25) is 9.59 Å². The lowest BCUT2D eigenvalue weighted by Gasteiger charge is -2.38. The molecular weight excluding hydrogens is 601 g/mol. The van der Waals surface area contributed by atoms with Gasteiger partial charge in [-0.25, -0.2) is 4.39 Å². The van der Waals surface area contributed by atoms with Gasteiger partial charge in [-0.05, 0) is 99.4 Å². The Hall–Kier alpha value is -2.54. The molecule has 1 fully saturated rings. The summed E-state index contributed by atoms with van der Waals surface area (Å²) < 4.78 is 12.9. The van der Waals surface area contributed by atoms with Crippen LogP contribution in [-0.2, 0) is 10.4 Å². The fourth-order valence-corrected chi connectivity index (χ4v) is 6.60. The van der Waals surface area contributed by atoms with E-state index in [1.807, 2.05) is 24.3 Å². The number of carbonyl (C=O) groups excluding carboxylic acids is 1. The van der Waals surface area contributed by atoms with Crippen LogP contribution in [0.15, 0.2) is 60.7 Å². The van der Waals surface area contributed by atoms with E-state index in [0.717, 1.165) is 50.4 Å². The Labute approximate surface area is 281 Å². The first-order chi connectivity index (χ1) is 22.2. The molecule has 7 heteroatoms. The molecule has 2 aromatic rings. The average Bonchev–Trinajstić information content (AvgIpc) is 3.57. The molecule has 0 amide bonds. The number of allylic oxidation sites excluding steroid dienone is 2. The Morgan fingerprint density at radius 2 is 1.39 bits per heavy atom. The SMILES string of the molecule is O=C(CCCN1CCC(O)(c2ccc(Cl)cc2)CC1)c1ccc(F)cc1.O=C(O)CCCCCCCCCCCCC1C=CCC1. The summed E-state index contributed by atoms with van der Waals surface area (Å²) >= 11 is 5.92. The Balaban J connectivity index is 0.000000260. The average molecular weight is 656 g/mol. The first-order valence-corrected chi connectivity index (χ1v) is 18.0. The molecule has 0 spiro atoms. The Kier molecular flexibility index (Phi) is 17.6. The molecule has 1 heterocycles. The lowest BCUT2D eigenvalue weighted by Crippen LogP contribution is -2.42. The summed E-state index contributed by atoms with van der Waals surface area (Å²) in [7, 11) is 0. The molecule has 4 rings (SSSR count). The van der Waals surface area contributed by atoms with Crippen molar-refractivity contribution in [3.63, 3.8) is 0 Å². The van der Waals surface area contributed by atoms with Gasteiger partial charge < -0.3 is 15.1 Å².